The van der Waals surface area contributed by atoms with Crippen LogP contribution in [0.3, 0.4) is 0 Å². The molecule has 9 heteroatoms. The molecule has 0 spiro atoms. The van der Waals surface area contributed by atoms with Gasteiger partial charge in [0.15, 0.2) is 0 Å². The van der Waals surface area contributed by atoms with Gasteiger partial charge in [-0.15, -0.1) is 0 Å². The van der Waals surface area contributed by atoms with Crippen LogP contribution in [0, 0.1) is 5.92 Å². The predicted molar refractivity (Wildman–Crippen MR) is 104 cm³/mol. The highest BCUT2D eigenvalue weighted by molar-refractivity contribution is 5.84. The van der Waals surface area contributed by atoms with E-state index in [1.807, 2.05) is 11.8 Å². The number of nitrogens with zero attached hydrogens (tertiary/aromatic N) is 2. The molecule has 164 valence electrons. The number of hydrazine groups is 1. The average Bonchev–Trinajstić information content (AvgIpc) is 3.22. The number of alkyl halides is 3. The maximum absolute atomic E-state index is 12.8. The van der Waals surface area contributed by atoms with Crippen molar-refractivity contribution < 1.29 is 22.8 Å². The molecular weight excluding hydrogens is 397 g/mol. The Morgan fingerprint density at radius 2 is 1.90 bits per heavy atom. The molecule has 2 aliphatic heterocycles. The Morgan fingerprint density at radius 1 is 1.17 bits per heavy atom. The van der Waals surface area contributed by atoms with Gasteiger partial charge in [-0.05, 0) is 50.3 Å². The van der Waals surface area contributed by atoms with Crippen molar-refractivity contribution in [1.29, 1.82) is 0 Å². The lowest BCUT2D eigenvalue weighted by Crippen LogP contribution is -2.68. The number of amides is 2. The van der Waals surface area contributed by atoms with E-state index < -0.39 is 11.7 Å². The summed E-state index contributed by atoms with van der Waals surface area (Å²) in [5.41, 5.74) is 3.26. The van der Waals surface area contributed by atoms with Crippen LogP contribution in [0.15, 0.2) is 24.3 Å². The summed E-state index contributed by atoms with van der Waals surface area (Å²) in [7, 11) is 0. The van der Waals surface area contributed by atoms with Crippen molar-refractivity contribution in [3.8, 4) is 0 Å². The number of hydrogen-bond acceptors (Lipinski definition) is 4. The largest absolute Gasteiger partial charge is 0.416 e. The van der Waals surface area contributed by atoms with E-state index in [-0.39, 0.29) is 42.4 Å². The van der Waals surface area contributed by atoms with E-state index >= 15 is 0 Å². The minimum absolute atomic E-state index is 0.0000749. The Balaban J connectivity index is 1.37. The van der Waals surface area contributed by atoms with Crippen molar-refractivity contribution in [2.75, 3.05) is 13.1 Å². The number of hydrogen-bond donors (Lipinski definition) is 2. The van der Waals surface area contributed by atoms with Gasteiger partial charge < -0.3 is 10.2 Å². The van der Waals surface area contributed by atoms with Crippen LogP contribution < -0.4 is 10.7 Å². The quantitative estimate of drug-likeness (QED) is 0.779. The number of likely N-dealkylation sites (N-methyl/N-ethyl adjacent to an activating group) is 1. The molecule has 4 unspecified atom stereocenters. The fraction of sp³-hybridized carbons (Fsp3) is 0.619. The van der Waals surface area contributed by atoms with Gasteiger partial charge in [-0.1, -0.05) is 12.1 Å². The third-order valence-corrected chi connectivity index (χ3v) is 6.61. The second-order valence-electron chi connectivity index (χ2n) is 8.30. The second kappa shape index (κ2) is 8.19. The SMILES string of the molecule is CCN1C(=O)C2CCNN2C2CCC(C(=O)NCc3ccc(C(F)(F)F)cc3)CC21. The minimum Gasteiger partial charge on any atom is -0.352 e. The molecule has 3 fully saturated rings. The number of piperazine rings is 1. The molecular formula is C21H27F3N4O2. The molecule has 2 saturated heterocycles. The molecule has 1 aliphatic carbocycles. The van der Waals surface area contributed by atoms with Crippen LogP contribution in [0.1, 0.15) is 43.7 Å². The van der Waals surface area contributed by atoms with Gasteiger partial charge in [0, 0.05) is 37.6 Å². The Morgan fingerprint density at radius 3 is 2.57 bits per heavy atom. The number of carbonyl (C=O) groups excluding carboxylic acids is 2. The Labute approximate surface area is 173 Å². The lowest BCUT2D eigenvalue weighted by atomic mass is 9.78. The van der Waals surface area contributed by atoms with Gasteiger partial charge in [-0.3, -0.25) is 15.0 Å². The van der Waals surface area contributed by atoms with Crippen LogP contribution in [0.2, 0.25) is 0 Å². The number of nitrogens with one attached hydrogen (secondary N) is 2. The van der Waals surface area contributed by atoms with Crippen molar-refractivity contribution >= 4 is 11.8 Å². The number of rotatable bonds is 4. The molecule has 0 bridgehead atoms. The van der Waals surface area contributed by atoms with Gasteiger partial charge in [0.05, 0.1) is 5.56 Å². The fourth-order valence-electron chi connectivity index (χ4n) is 5.09. The highest BCUT2D eigenvalue weighted by atomic mass is 19.4. The zero-order valence-corrected chi connectivity index (χ0v) is 16.9. The predicted octanol–water partition coefficient (Wildman–Crippen LogP) is 2.30. The van der Waals surface area contributed by atoms with Gasteiger partial charge in [0.2, 0.25) is 11.8 Å². The highest BCUT2D eigenvalue weighted by Gasteiger charge is 2.51. The maximum Gasteiger partial charge on any atom is 0.416 e. The van der Waals surface area contributed by atoms with E-state index in [4.69, 9.17) is 0 Å². The van der Waals surface area contributed by atoms with E-state index in [1.54, 1.807) is 0 Å². The van der Waals surface area contributed by atoms with Crippen molar-refractivity contribution in [2.24, 2.45) is 5.92 Å². The normalized spacial score (nSPS) is 29.5. The van der Waals surface area contributed by atoms with E-state index in [0.717, 1.165) is 37.9 Å². The first-order valence-electron chi connectivity index (χ1n) is 10.6. The summed E-state index contributed by atoms with van der Waals surface area (Å²) >= 11 is 0. The summed E-state index contributed by atoms with van der Waals surface area (Å²) in [4.78, 5) is 27.5. The van der Waals surface area contributed by atoms with E-state index in [2.05, 4.69) is 15.8 Å². The third kappa shape index (κ3) is 3.92. The topological polar surface area (TPSA) is 64.7 Å². The Hall–Kier alpha value is -2.13. The van der Waals surface area contributed by atoms with Gasteiger partial charge in [-0.25, -0.2) is 5.01 Å². The van der Waals surface area contributed by atoms with Gasteiger partial charge >= 0.3 is 6.18 Å². The first-order chi connectivity index (χ1) is 14.3. The maximum atomic E-state index is 12.8. The number of fused-ring (bicyclic) bond motifs is 3. The third-order valence-electron chi connectivity index (χ3n) is 6.61. The molecule has 0 radical (unpaired) electrons. The summed E-state index contributed by atoms with van der Waals surface area (Å²) in [6.07, 6.45) is -1.39. The second-order valence-corrected chi connectivity index (χ2v) is 8.30. The summed E-state index contributed by atoms with van der Waals surface area (Å²) in [6.45, 7) is 3.59. The zero-order valence-electron chi connectivity index (χ0n) is 16.9. The van der Waals surface area contributed by atoms with Gasteiger partial charge in [0.25, 0.3) is 0 Å². The first-order valence-corrected chi connectivity index (χ1v) is 10.6. The van der Waals surface area contributed by atoms with Crippen LogP contribution in [0.5, 0.6) is 0 Å². The molecule has 6 nitrogen and oxygen atoms in total. The molecule has 4 atom stereocenters. The summed E-state index contributed by atoms with van der Waals surface area (Å²) in [6, 6.07) is 4.94. The smallest absolute Gasteiger partial charge is 0.352 e. The van der Waals surface area contributed by atoms with E-state index in [1.165, 1.54) is 12.1 Å². The van der Waals surface area contributed by atoms with Crippen molar-refractivity contribution in [3.63, 3.8) is 0 Å². The molecule has 0 aromatic heterocycles. The van der Waals surface area contributed by atoms with Crippen LogP contribution in [-0.4, -0.2) is 52.9 Å². The van der Waals surface area contributed by atoms with Crippen molar-refractivity contribution in [3.05, 3.63) is 35.4 Å². The lowest BCUT2D eigenvalue weighted by Gasteiger charge is -2.51. The molecule has 2 heterocycles. The van der Waals surface area contributed by atoms with Gasteiger partial charge in [-0.2, -0.15) is 13.2 Å². The molecule has 2 amide bonds. The standard InChI is InChI=1S/C21H27F3N4O2/c1-2-27-18-11-14(5-8-16(18)28-17(20(27)30)9-10-26-28)19(29)25-12-13-3-6-15(7-4-13)21(22,23)24/h3-4,6-7,14,16-18,26H,2,5,8-12H2,1H3,(H,25,29). The lowest BCUT2D eigenvalue weighted by molar-refractivity contribution is -0.155. The van der Waals surface area contributed by atoms with Crippen molar-refractivity contribution in [1.82, 2.24) is 20.7 Å². The fourth-order valence-corrected chi connectivity index (χ4v) is 5.09. The van der Waals surface area contributed by atoms with Crippen LogP contribution in [0.25, 0.3) is 0 Å². The summed E-state index contributed by atoms with van der Waals surface area (Å²) in [5.74, 6) is -0.176. The van der Waals surface area contributed by atoms with Crippen molar-refractivity contribution in [2.45, 2.75) is 63.5 Å². The molecule has 2 N–H and O–H groups in total. The Kier molecular flexibility index (Phi) is 5.76. The van der Waals surface area contributed by atoms with Gasteiger partial charge in [0.1, 0.15) is 6.04 Å². The molecule has 1 aromatic carbocycles. The minimum atomic E-state index is -4.37. The van der Waals surface area contributed by atoms with E-state index in [0.29, 0.717) is 18.5 Å². The van der Waals surface area contributed by atoms with E-state index in [9.17, 15) is 22.8 Å². The number of carbonyl (C=O) groups is 2. The zero-order chi connectivity index (χ0) is 21.5. The monoisotopic (exact) mass is 424 g/mol. The average molecular weight is 424 g/mol. The summed E-state index contributed by atoms with van der Waals surface area (Å²) < 4.78 is 38.0. The van der Waals surface area contributed by atoms with Crippen LogP contribution in [-0.2, 0) is 22.3 Å². The Bertz CT molecular complexity index is 798. The molecule has 3 aliphatic rings. The molecule has 1 aromatic rings. The molecule has 4 rings (SSSR count). The highest BCUT2D eigenvalue weighted by Crippen LogP contribution is 2.37. The molecule has 1 saturated carbocycles. The summed E-state index contributed by atoms with van der Waals surface area (Å²) in [5, 5.41) is 4.97. The molecule has 30 heavy (non-hydrogen) atoms. The van der Waals surface area contributed by atoms with Crippen LogP contribution in [0.4, 0.5) is 13.2 Å². The first kappa shape index (κ1) is 21.1. The number of halogens is 3. The van der Waals surface area contributed by atoms with Crippen LogP contribution >= 0.6 is 0 Å². The number of benzene rings is 1.